The molecule has 0 unspecified atom stereocenters. The number of carbonyl (C=O) groups is 2. The second-order valence-electron chi connectivity index (χ2n) is 12.7. The summed E-state index contributed by atoms with van der Waals surface area (Å²) in [4.78, 5) is 53.5. The summed E-state index contributed by atoms with van der Waals surface area (Å²) in [6.07, 6.45) is 1.41. The van der Waals surface area contributed by atoms with Crippen molar-refractivity contribution in [1.82, 2.24) is 4.40 Å². The van der Waals surface area contributed by atoms with Gasteiger partial charge < -0.3 is 13.9 Å². The Bertz CT molecular complexity index is 2290. The molecule has 7 heteroatoms. The fourth-order valence-electron chi connectivity index (χ4n) is 6.98. The fraction of sp³-hybridized carbons (Fsp3) is 0.257. The molecule has 1 aliphatic heterocycles. The van der Waals surface area contributed by atoms with Crippen molar-refractivity contribution in [3.8, 4) is 5.75 Å². The molecule has 2 bridgehead atoms. The number of hydrogen-bond donors (Lipinski definition) is 0. The molecule has 3 heterocycles. The smallest absolute Gasteiger partial charge is 0.356 e. The van der Waals surface area contributed by atoms with Gasteiger partial charge in [-0.1, -0.05) is 45.0 Å². The number of aromatic nitrogens is 1. The maximum absolute atomic E-state index is 14.2. The largest absolute Gasteiger partial charge is 0.447 e. The highest BCUT2D eigenvalue weighted by molar-refractivity contribution is 6.15. The number of pyridine rings is 2. The first-order valence-corrected chi connectivity index (χ1v) is 14.3. The molecule has 1 saturated carbocycles. The zero-order valence-electron chi connectivity index (χ0n) is 23.4. The van der Waals surface area contributed by atoms with Gasteiger partial charge in [-0.25, -0.2) is 4.79 Å². The number of fused-ring (bicyclic) bond motifs is 8. The molecular formula is C35H27NO6. The molecule has 2 aromatic heterocycles. The number of carbonyl (C=O) groups excluding carboxylic acids is 2. The highest BCUT2D eigenvalue weighted by Crippen LogP contribution is 2.46. The van der Waals surface area contributed by atoms with Crippen LogP contribution in [-0.4, -0.2) is 21.9 Å². The maximum Gasteiger partial charge on any atom is 0.356 e. The topological polar surface area (TPSA) is 91.1 Å². The lowest BCUT2D eigenvalue weighted by Crippen LogP contribution is -2.41. The molecule has 2 fully saturated rings. The summed E-state index contributed by atoms with van der Waals surface area (Å²) < 4.78 is 13.4. The number of para-hydroxylation sites is 1. The Morgan fingerprint density at radius 3 is 2.19 bits per heavy atom. The van der Waals surface area contributed by atoms with E-state index in [1.165, 1.54) is 0 Å². The van der Waals surface area contributed by atoms with Crippen molar-refractivity contribution in [1.29, 1.82) is 0 Å². The Morgan fingerprint density at radius 1 is 0.833 bits per heavy atom. The lowest BCUT2D eigenvalue weighted by atomic mass is 9.85. The normalized spacial score (nSPS) is 20.4. The SMILES string of the molecule is CC(C)(C)c1cc2c(=O)c3ccccc3n3c2c(c1)c(=O)c1ccc2c(OC(=O)[C@]45CC[C@H](C4)C(=O)O5)cccc2c13. The summed E-state index contributed by atoms with van der Waals surface area (Å²) in [6.45, 7) is 6.20. The molecule has 0 amide bonds. The monoisotopic (exact) mass is 557 g/mol. The minimum Gasteiger partial charge on any atom is -0.447 e. The van der Waals surface area contributed by atoms with Gasteiger partial charge in [-0.3, -0.25) is 14.4 Å². The minimum absolute atomic E-state index is 0.115. The van der Waals surface area contributed by atoms with E-state index in [1.807, 2.05) is 46.9 Å². The van der Waals surface area contributed by atoms with Gasteiger partial charge in [-0.15, -0.1) is 0 Å². The number of ether oxygens (including phenoxy) is 2. The molecule has 42 heavy (non-hydrogen) atoms. The van der Waals surface area contributed by atoms with Crippen molar-refractivity contribution in [2.45, 2.75) is 51.0 Å². The van der Waals surface area contributed by atoms with Crippen LogP contribution in [0.5, 0.6) is 5.75 Å². The number of rotatable bonds is 2. The van der Waals surface area contributed by atoms with E-state index in [2.05, 4.69) is 20.8 Å². The second-order valence-corrected chi connectivity index (χ2v) is 12.7. The molecule has 0 radical (unpaired) electrons. The second kappa shape index (κ2) is 8.16. The van der Waals surface area contributed by atoms with Crippen molar-refractivity contribution < 1.29 is 19.1 Å². The standard InChI is InChI=1S/C35H27NO6/c1-34(2,3)19-15-24-29-25(16-19)31(38)23-12-11-20-21(28(23)36(29)26-9-5-4-7-22(26)30(24)37)8-6-10-27(20)41-33(40)35-14-13-18(17-35)32(39)42-35/h4-12,15-16,18H,13-14,17H2,1-3H3/t18-,35+/m1/s1. The Kier molecular flexibility index (Phi) is 4.85. The Hall–Kier alpha value is -4.78. The zero-order valence-corrected chi connectivity index (χ0v) is 23.4. The van der Waals surface area contributed by atoms with Crippen LogP contribution >= 0.6 is 0 Å². The van der Waals surface area contributed by atoms with Gasteiger partial charge in [-0.05, 0) is 66.3 Å². The molecule has 0 N–H and O–H groups in total. The van der Waals surface area contributed by atoms with Crippen LogP contribution in [0.4, 0.5) is 0 Å². The zero-order chi connectivity index (χ0) is 29.1. The summed E-state index contributed by atoms with van der Waals surface area (Å²) >= 11 is 0. The Morgan fingerprint density at radius 2 is 1.50 bits per heavy atom. The number of benzene rings is 4. The van der Waals surface area contributed by atoms with E-state index in [9.17, 15) is 19.2 Å². The van der Waals surface area contributed by atoms with Gasteiger partial charge in [0.15, 0.2) is 10.9 Å². The van der Waals surface area contributed by atoms with Crippen LogP contribution in [0.3, 0.4) is 0 Å². The summed E-state index contributed by atoms with van der Waals surface area (Å²) in [5, 5.41) is 3.39. The molecule has 1 saturated heterocycles. The van der Waals surface area contributed by atoms with E-state index in [0.717, 1.165) is 5.56 Å². The van der Waals surface area contributed by atoms with Crippen molar-refractivity contribution in [3.63, 3.8) is 0 Å². The average Bonchev–Trinajstić information content (AvgIpc) is 3.55. The van der Waals surface area contributed by atoms with Gasteiger partial charge >= 0.3 is 11.9 Å². The predicted molar refractivity (Wildman–Crippen MR) is 162 cm³/mol. The molecule has 1 aliphatic carbocycles. The van der Waals surface area contributed by atoms with Gasteiger partial charge in [0.2, 0.25) is 5.60 Å². The molecule has 7 nitrogen and oxygen atoms in total. The summed E-state index contributed by atoms with van der Waals surface area (Å²) in [6, 6.07) is 20.2. The van der Waals surface area contributed by atoms with Crippen LogP contribution in [0.2, 0.25) is 0 Å². The van der Waals surface area contributed by atoms with Gasteiger partial charge in [-0.2, -0.15) is 0 Å². The molecule has 208 valence electrons. The quantitative estimate of drug-likeness (QED) is 0.112. The average molecular weight is 558 g/mol. The number of esters is 2. The third-order valence-corrected chi connectivity index (χ3v) is 9.22. The molecule has 2 aliphatic rings. The molecular weight excluding hydrogens is 530 g/mol. The van der Waals surface area contributed by atoms with Crippen molar-refractivity contribution in [2.24, 2.45) is 5.92 Å². The predicted octanol–water partition coefficient (Wildman–Crippen LogP) is 6.01. The van der Waals surface area contributed by atoms with E-state index >= 15 is 0 Å². The third kappa shape index (κ3) is 3.22. The Labute approximate surface area is 239 Å². The number of hydrogen-bond acceptors (Lipinski definition) is 6. The van der Waals surface area contributed by atoms with E-state index < -0.39 is 11.6 Å². The van der Waals surface area contributed by atoms with Crippen molar-refractivity contribution in [3.05, 3.63) is 92.7 Å². The van der Waals surface area contributed by atoms with Crippen LogP contribution in [0.25, 0.3) is 48.9 Å². The van der Waals surface area contributed by atoms with E-state index in [1.54, 1.807) is 24.3 Å². The first-order chi connectivity index (χ1) is 20.1. The van der Waals surface area contributed by atoms with Crippen LogP contribution in [0.1, 0.15) is 45.6 Å². The molecule has 8 rings (SSSR count). The van der Waals surface area contributed by atoms with Crippen LogP contribution in [-0.2, 0) is 19.7 Å². The lowest BCUT2D eigenvalue weighted by Gasteiger charge is -2.24. The van der Waals surface area contributed by atoms with Gasteiger partial charge in [0, 0.05) is 38.7 Å². The van der Waals surface area contributed by atoms with E-state index in [4.69, 9.17) is 9.47 Å². The fourth-order valence-corrected chi connectivity index (χ4v) is 6.98. The first-order valence-electron chi connectivity index (χ1n) is 14.3. The molecule has 2 atom stereocenters. The van der Waals surface area contributed by atoms with E-state index in [-0.39, 0.29) is 28.2 Å². The first kappa shape index (κ1) is 25.0. The highest BCUT2D eigenvalue weighted by atomic mass is 16.6. The Balaban J connectivity index is 1.47. The summed E-state index contributed by atoms with van der Waals surface area (Å²) in [5.41, 5.74) is 1.03. The maximum atomic E-state index is 14.2. The molecule has 6 aromatic rings. The third-order valence-electron chi connectivity index (χ3n) is 9.22. The van der Waals surface area contributed by atoms with Crippen molar-refractivity contribution in [2.75, 3.05) is 0 Å². The minimum atomic E-state index is -1.24. The number of nitrogens with zero attached hydrogens (tertiary/aromatic N) is 1. The summed E-state index contributed by atoms with van der Waals surface area (Å²) in [5.74, 6) is -0.846. The lowest BCUT2D eigenvalue weighted by molar-refractivity contribution is -0.171. The van der Waals surface area contributed by atoms with Crippen LogP contribution in [0, 0.1) is 5.92 Å². The van der Waals surface area contributed by atoms with Gasteiger partial charge in [0.05, 0.1) is 22.5 Å². The van der Waals surface area contributed by atoms with E-state index in [0.29, 0.717) is 73.9 Å². The highest BCUT2D eigenvalue weighted by Gasteiger charge is 2.58. The van der Waals surface area contributed by atoms with Gasteiger partial charge in [0.25, 0.3) is 0 Å². The summed E-state index contributed by atoms with van der Waals surface area (Å²) in [7, 11) is 0. The molecule has 0 spiro atoms. The van der Waals surface area contributed by atoms with Crippen LogP contribution in [0.15, 0.2) is 76.3 Å². The van der Waals surface area contributed by atoms with Crippen molar-refractivity contribution >= 4 is 60.8 Å². The van der Waals surface area contributed by atoms with Crippen LogP contribution < -0.4 is 15.6 Å². The van der Waals surface area contributed by atoms with Gasteiger partial charge in [0.1, 0.15) is 5.75 Å². The molecule has 4 aromatic carbocycles.